The maximum Gasteiger partial charge on any atom is 0.191 e. The quantitative estimate of drug-likeness (QED) is 0.514. The topological polar surface area (TPSA) is 58.1 Å². The molecular weight excluding hydrogens is 352 g/mol. The summed E-state index contributed by atoms with van der Waals surface area (Å²) in [4.78, 5) is 6.88. The van der Waals surface area contributed by atoms with Crippen molar-refractivity contribution in [3.63, 3.8) is 0 Å². The van der Waals surface area contributed by atoms with Crippen molar-refractivity contribution in [2.45, 2.75) is 26.6 Å². The molecule has 0 saturated heterocycles. The molecule has 0 aliphatic rings. The first kappa shape index (κ1) is 21.6. The zero-order chi connectivity index (χ0) is 20.4. The van der Waals surface area contributed by atoms with Gasteiger partial charge in [0, 0.05) is 19.6 Å². The minimum Gasteiger partial charge on any atom is -0.493 e. The first-order chi connectivity index (χ1) is 13.5. The first-order valence-electron chi connectivity index (χ1n) is 9.51. The molecular formula is C22H32N4O2. The monoisotopic (exact) mass is 384 g/mol. The van der Waals surface area contributed by atoms with E-state index in [0.29, 0.717) is 13.1 Å². The van der Waals surface area contributed by atoms with E-state index in [1.807, 2.05) is 18.2 Å². The molecule has 0 aliphatic heterocycles. The number of rotatable bonds is 9. The third kappa shape index (κ3) is 6.78. The summed E-state index contributed by atoms with van der Waals surface area (Å²) in [5.41, 5.74) is 3.58. The highest BCUT2D eigenvalue weighted by molar-refractivity contribution is 5.79. The van der Waals surface area contributed by atoms with Gasteiger partial charge in [-0.2, -0.15) is 0 Å². The molecule has 0 bridgehead atoms. The van der Waals surface area contributed by atoms with Crippen molar-refractivity contribution in [2.24, 2.45) is 4.99 Å². The summed E-state index contributed by atoms with van der Waals surface area (Å²) in [6, 6.07) is 14.5. The lowest BCUT2D eigenvalue weighted by Gasteiger charge is -2.14. The van der Waals surface area contributed by atoms with Crippen molar-refractivity contribution < 1.29 is 9.47 Å². The average molecular weight is 385 g/mol. The van der Waals surface area contributed by atoms with Crippen LogP contribution in [0, 0.1) is 0 Å². The molecule has 0 fully saturated rings. The van der Waals surface area contributed by atoms with E-state index in [0.717, 1.165) is 36.1 Å². The van der Waals surface area contributed by atoms with Crippen LogP contribution in [0.4, 0.5) is 0 Å². The van der Waals surface area contributed by atoms with Crippen LogP contribution in [-0.4, -0.2) is 45.7 Å². The zero-order valence-electron chi connectivity index (χ0n) is 17.6. The Labute approximate surface area is 168 Å². The summed E-state index contributed by atoms with van der Waals surface area (Å²) in [5, 5.41) is 6.67. The van der Waals surface area contributed by atoms with Gasteiger partial charge in [-0.15, -0.1) is 0 Å². The number of ether oxygens (including phenoxy) is 2. The molecule has 0 amide bonds. The van der Waals surface area contributed by atoms with Crippen LogP contribution in [0.1, 0.15) is 23.6 Å². The van der Waals surface area contributed by atoms with Crippen molar-refractivity contribution in [1.29, 1.82) is 0 Å². The van der Waals surface area contributed by atoms with Crippen LogP contribution in [0.5, 0.6) is 11.5 Å². The second-order valence-electron chi connectivity index (χ2n) is 6.80. The van der Waals surface area contributed by atoms with E-state index >= 15 is 0 Å². The number of methoxy groups -OCH3 is 2. The molecule has 0 aromatic heterocycles. The Hall–Kier alpha value is -2.73. The van der Waals surface area contributed by atoms with Crippen LogP contribution >= 0.6 is 0 Å². The Morgan fingerprint density at radius 2 is 1.68 bits per heavy atom. The van der Waals surface area contributed by atoms with Crippen molar-refractivity contribution in [2.75, 3.05) is 34.9 Å². The molecule has 152 valence electrons. The summed E-state index contributed by atoms with van der Waals surface area (Å²) < 4.78 is 10.7. The Balaban J connectivity index is 2.02. The van der Waals surface area contributed by atoms with Gasteiger partial charge >= 0.3 is 0 Å². The second kappa shape index (κ2) is 11.2. The summed E-state index contributed by atoms with van der Waals surface area (Å²) in [7, 11) is 7.43. The summed E-state index contributed by atoms with van der Waals surface area (Å²) in [6.07, 6.45) is 0. The predicted molar refractivity (Wildman–Crippen MR) is 115 cm³/mol. The van der Waals surface area contributed by atoms with Crippen LogP contribution in [0.15, 0.2) is 47.5 Å². The third-order valence-electron chi connectivity index (χ3n) is 4.16. The molecule has 0 heterocycles. The van der Waals surface area contributed by atoms with Gasteiger partial charge in [0.05, 0.1) is 20.8 Å². The Bertz CT molecular complexity index is 775. The number of aliphatic imine (C=N–C) groups is 1. The van der Waals surface area contributed by atoms with Crippen LogP contribution in [-0.2, 0) is 19.6 Å². The molecule has 0 atom stereocenters. The predicted octanol–water partition coefficient (Wildman–Crippen LogP) is 3.02. The van der Waals surface area contributed by atoms with E-state index in [-0.39, 0.29) is 0 Å². The van der Waals surface area contributed by atoms with E-state index in [9.17, 15) is 0 Å². The number of hydrogen-bond acceptors (Lipinski definition) is 4. The Morgan fingerprint density at radius 3 is 2.36 bits per heavy atom. The van der Waals surface area contributed by atoms with Crippen molar-refractivity contribution in [3.05, 3.63) is 59.2 Å². The molecule has 0 radical (unpaired) electrons. The van der Waals surface area contributed by atoms with Crippen LogP contribution in [0.2, 0.25) is 0 Å². The number of guanidine groups is 1. The Kier molecular flexibility index (Phi) is 8.62. The minimum absolute atomic E-state index is 0.628. The molecule has 6 nitrogen and oxygen atoms in total. The Morgan fingerprint density at radius 1 is 0.929 bits per heavy atom. The number of nitrogens with zero attached hydrogens (tertiary/aromatic N) is 2. The standard InChI is InChI=1S/C22H32N4O2/c1-6-23-22(24-14-17-8-7-9-19(12-17)16-26(2)3)25-15-18-10-11-20(27-4)21(13-18)28-5/h7-13H,6,14-16H2,1-5H3,(H2,23,24,25). The number of hydrogen-bond donors (Lipinski definition) is 2. The van der Waals surface area contributed by atoms with Gasteiger partial charge < -0.3 is 25.0 Å². The molecule has 0 spiro atoms. The van der Waals surface area contributed by atoms with Gasteiger partial charge in [-0.1, -0.05) is 30.3 Å². The highest BCUT2D eigenvalue weighted by Crippen LogP contribution is 2.27. The van der Waals surface area contributed by atoms with Gasteiger partial charge in [0.25, 0.3) is 0 Å². The van der Waals surface area contributed by atoms with Gasteiger partial charge in [-0.25, -0.2) is 4.99 Å². The van der Waals surface area contributed by atoms with Crippen LogP contribution in [0.25, 0.3) is 0 Å². The molecule has 0 unspecified atom stereocenters. The van der Waals surface area contributed by atoms with Crippen molar-refractivity contribution >= 4 is 5.96 Å². The molecule has 2 N–H and O–H groups in total. The third-order valence-corrected chi connectivity index (χ3v) is 4.16. The van der Waals surface area contributed by atoms with Crippen LogP contribution < -0.4 is 20.1 Å². The molecule has 0 saturated carbocycles. The molecule has 2 rings (SSSR count). The van der Waals surface area contributed by atoms with E-state index < -0.39 is 0 Å². The van der Waals surface area contributed by atoms with Gasteiger partial charge in [-0.05, 0) is 49.8 Å². The first-order valence-corrected chi connectivity index (χ1v) is 9.51. The van der Waals surface area contributed by atoms with E-state index in [2.05, 4.69) is 60.8 Å². The van der Waals surface area contributed by atoms with E-state index in [1.165, 1.54) is 11.1 Å². The van der Waals surface area contributed by atoms with E-state index in [4.69, 9.17) is 14.5 Å². The van der Waals surface area contributed by atoms with Crippen LogP contribution in [0.3, 0.4) is 0 Å². The number of nitrogens with one attached hydrogen (secondary N) is 2. The fraction of sp³-hybridized carbons (Fsp3) is 0.409. The normalized spacial score (nSPS) is 11.4. The lowest BCUT2D eigenvalue weighted by Crippen LogP contribution is -2.36. The second-order valence-corrected chi connectivity index (χ2v) is 6.80. The summed E-state index contributed by atoms with van der Waals surface area (Å²) >= 11 is 0. The molecule has 2 aromatic rings. The van der Waals surface area contributed by atoms with E-state index in [1.54, 1.807) is 14.2 Å². The van der Waals surface area contributed by atoms with Gasteiger partial charge in [0.15, 0.2) is 17.5 Å². The molecule has 2 aromatic carbocycles. The largest absolute Gasteiger partial charge is 0.493 e. The molecule has 0 aliphatic carbocycles. The molecule has 28 heavy (non-hydrogen) atoms. The van der Waals surface area contributed by atoms with Crippen molar-refractivity contribution in [3.8, 4) is 11.5 Å². The molecule has 6 heteroatoms. The lowest BCUT2D eigenvalue weighted by molar-refractivity contribution is 0.354. The van der Waals surface area contributed by atoms with Gasteiger partial charge in [0.2, 0.25) is 0 Å². The SMILES string of the molecule is CCNC(=NCc1cccc(CN(C)C)c1)NCc1ccc(OC)c(OC)c1. The smallest absolute Gasteiger partial charge is 0.191 e. The fourth-order valence-corrected chi connectivity index (χ4v) is 2.88. The fourth-order valence-electron chi connectivity index (χ4n) is 2.88. The summed E-state index contributed by atoms with van der Waals surface area (Å²) in [5.74, 6) is 2.24. The summed E-state index contributed by atoms with van der Waals surface area (Å²) in [6.45, 7) is 5.06. The maximum atomic E-state index is 5.37. The highest BCUT2D eigenvalue weighted by atomic mass is 16.5. The maximum absolute atomic E-state index is 5.37. The minimum atomic E-state index is 0.628. The average Bonchev–Trinajstić information content (AvgIpc) is 2.69. The highest BCUT2D eigenvalue weighted by Gasteiger charge is 2.05. The zero-order valence-corrected chi connectivity index (χ0v) is 17.6. The van der Waals surface area contributed by atoms with Crippen molar-refractivity contribution in [1.82, 2.24) is 15.5 Å². The van der Waals surface area contributed by atoms with Gasteiger partial charge in [-0.3, -0.25) is 0 Å². The van der Waals surface area contributed by atoms with Gasteiger partial charge in [0.1, 0.15) is 0 Å². The lowest BCUT2D eigenvalue weighted by atomic mass is 10.1. The number of benzene rings is 2.